The molecule has 2 aromatic carbocycles. The maximum absolute atomic E-state index is 6.27. The van der Waals surface area contributed by atoms with Crippen LogP contribution < -0.4 is 14.8 Å². The molecule has 2 atom stereocenters. The van der Waals surface area contributed by atoms with Gasteiger partial charge >= 0.3 is 0 Å². The van der Waals surface area contributed by atoms with Gasteiger partial charge < -0.3 is 14.8 Å². The molecule has 2 aromatic rings. The summed E-state index contributed by atoms with van der Waals surface area (Å²) in [5.41, 5.74) is 2.14. The molecule has 0 radical (unpaired) electrons. The van der Waals surface area contributed by atoms with E-state index in [4.69, 9.17) is 21.1 Å². The van der Waals surface area contributed by atoms with Crippen molar-refractivity contribution in [2.45, 2.75) is 25.9 Å². The number of methoxy groups -OCH3 is 2. The van der Waals surface area contributed by atoms with Gasteiger partial charge in [-0.2, -0.15) is 0 Å². The molecule has 0 aliphatic heterocycles. The fourth-order valence-corrected chi connectivity index (χ4v) is 2.86. The minimum absolute atomic E-state index is 0.0938. The second kappa shape index (κ2) is 7.52. The highest BCUT2D eigenvalue weighted by Gasteiger charge is 2.17. The second-order valence-electron chi connectivity index (χ2n) is 5.24. The zero-order chi connectivity index (χ0) is 16.1. The van der Waals surface area contributed by atoms with Crippen LogP contribution in [0.1, 0.15) is 37.1 Å². The summed E-state index contributed by atoms with van der Waals surface area (Å²) in [4.78, 5) is 0. The van der Waals surface area contributed by atoms with Gasteiger partial charge in [0.2, 0.25) is 0 Å². The van der Waals surface area contributed by atoms with E-state index in [1.54, 1.807) is 14.2 Å². The van der Waals surface area contributed by atoms with E-state index in [-0.39, 0.29) is 12.1 Å². The molecule has 4 heteroatoms. The van der Waals surface area contributed by atoms with Crippen molar-refractivity contribution in [3.05, 3.63) is 58.6 Å². The molecule has 22 heavy (non-hydrogen) atoms. The molecule has 1 N–H and O–H groups in total. The fourth-order valence-electron chi connectivity index (χ4n) is 2.56. The van der Waals surface area contributed by atoms with Crippen LogP contribution in [-0.2, 0) is 0 Å². The Kier molecular flexibility index (Phi) is 5.69. The van der Waals surface area contributed by atoms with Crippen molar-refractivity contribution in [1.29, 1.82) is 0 Å². The van der Waals surface area contributed by atoms with Crippen molar-refractivity contribution in [3.63, 3.8) is 0 Å². The minimum Gasteiger partial charge on any atom is -0.497 e. The summed E-state index contributed by atoms with van der Waals surface area (Å²) in [6.07, 6.45) is 0. The molecule has 0 fully saturated rings. The number of nitrogens with one attached hydrogen (secondary N) is 1. The Morgan fingerprint density at radius 1 is 0.909 bits per heavy atom. The lowest BCUT2D eigenvalue weighted by molar-refractivity contribution is 0.387. The van der Waals surface area contributed by atoms with E-state index >= 15 is 0 Å². The molecule has 0 aromatic heterocycles. The predicted octanol–water partition coefficient (Wildman–Crippen LogP) is 4.77. The van der Waals surface area contributed by atoms with Gasteiger partial charge in [-0.05, 0) is 43.7 Å². The first kappa shape index (κ1) is 16.7. The third kappa shape index (κ3) is 3.73. The van der Waals surface area contributed by atoms with Gasteiger partial charge in [0.25, 0.3) is 0 Å². The Hall–Kier alpha value is -1.71. The van der Waals surface area contributed by atoms with Gasteiger partial charge in [-0.15, -0.1) is 0 Å². The van der Waals surface area contributed by atoms with Gasteiger partial charge in [-0.1, -0.05) is 29.8 Å². The molecule has 0 bridgehead atoms. The van der Waals surface area contributed by atoms with E-state index in [0.717, 1.165) is 27.6 Å². The van der Waals surface area contributed by atoms with Gasteiger partial charge in [-0.3, -0.25) is 0 Å². The summed E-state index contributed by atoms with van der Waals surface area (Å²) in [5, 5.41) is 4.33. The van der Waals surface area contributed by atoms with Crippen molar-refractivity contribution in [2.24, 2.45) is 0 Å². The highest BCUT2D eigenvalue weighted by Crippen LogP contribution is 2.31. The predicted molar refractivity (Wildman–Crippen MR) is 91.0 cm³/mol. The van der Waals surface area contributed by atoms with Gasteiger partial charge in [0.15, 0.2) is 0 Å². The van der Waals surface area contributed by atoms with Crippen LogP contribution in [0.2, 0.25) is 5.02 Å². The molecule has 2 rings (SSSR count). The minimum atomic E-state index is 0.0938. The first-order valence-corrected chi connectivity index (χ1v) is 7.67. The molecule has 0 aliphatic carbocycles. The number of rotatable bonds is 6. The standard InChI is InChI=1S/C18H22ClNO2/c1-12(15-7-5-6-8-17(15)19)20-13(2)16-11-14(21-3)9-10-18(16)22-4/h5-13,20H,1-4H3. The third-order valence-electron chi connectivity index (χ3n) is 3.78. The molecule has 0 saturated heterocycles. The third-order valence-corrected chi connectivity index (χ3v) is 4.12. The van der Waals surface area contributed by atoms with Crippen molar-refractivity contribution in [3.8, 4) is 11.5 Å². The number of halogens is 1. The number of ether oxygens (including phenoxy) is 2. The van der Waals surface area contributed by atoms with E-state index in [1.165, 1.54) is 0 Å². The highest BCUT2D eigenvalue weighted by molar-refractivity contribution is 6.31. The van der Waals surface area contributed by atoms with E-state index in [1.807, 2.05) is 42.5 Å². The summed E-state index contributed by atoms with van der Waals surface area (Å²) in [5.74, 6) is 1.65. The monoisotopic (exact) mass is 319 g/mol. The molecule has 0 spiro atoms. The SMILES string of the molecule is COc1ccc(OC)c(C(C)NC(C)c2ccccc2Cl)c1. The quantitative estimate of drug-likeness (QED) is 0.832. The normalized spacial score (nSPS) is 13.5. The zero-order valence-electron chi connectivity index (χ0n) is 13.4. The summed E-state index contributed by atoms with van der Waals surface area (Å²) < 4.78 is 10.8. The molecule has 0 heterocycles. The van der Waals surface area contributed by atoms with Crippen molar-refractivity contribution >= 4 is 11.6 Å². The molecule has 0 saturated carbocycles. The Bertz CT molecular complexity index is 630. The van der Waals surface area contributed by atoms with Crippen molar-refractivity contribution in [2.75, 3.05) is 14.2 Å². The van der Waals surface area contributed by atoms with Crippen LogP contribution in [0.15, 0.2) is 42.5 Å². The van der Waals surface area contributed by atoms with Crippen molar-refractivity contribution in [1.82, 2.24) is 5.32 Å². The fraction of sp³-hybridized carbons (Fsp3) is 0.333. The maximum Gasteiger partial charge on any atom is 0.123 e. The first-order chi connectivity index (χ1) is 10.6. The Balaban J connectivity index is 2.21. The molecule has 0 aliphatic rings. The lowest BCUT2D eigenvalue weighted by Crippen LogP contribution is -2.23. The van der Waals surface area contributed by atoms with E-state index < -0.39 is 0 Å². The van der Waals surface area contributed by atoms with Gasteiger partial charge in [0, 0.05) is 22.7 Å². The average molecular weight is 320 g/mol. The van der Waals surface area contributed by atoms with Crippen LogP contribution in [0, 0.1) is 0 Å². The van der Waals surface area contributed by atoms with E-state index in [0.29, 0.717) is 0 Å². The van der Waals surface area contributed by atoms with Crippen LogP contribution in [0.3, 0.4) is 0 Å². The highest BCUT2D eigenvalue weighted by atomic mass is 35.5. The van der Waals surface area contributed by atoms with E-state index in [9.17, 15) is 0 Å². The number of benzene rings is 2. The van der Waals surface area contributed by atoms with E-state index in [2.05, 4.69) is 19.2 Å². The van der Waals surface area contributed by atoms with Gasteiger partial charge in [0.05, 0.1) is 14.2 Å². The van der Waals surface area contributed by atoms with Crippen LogP contribution in [0.4, 0.5) is 0 Å². The molecule has 3 nitrogen and oxygen atoms in total. The molecule has 2 unspecified atom stereocenters. The molecule has 118 valence electrons. The van der Waals surface area contributed by atoms with Crippen LogP contribution in [0.5, 0.6) is 11.5 Å². The van der Waals surface area contributed by atoms with Crippen LogP contribution >= 0.6 is 11.6 Å². The van der Waals surface area contributed by atoms with Crippen molar-refractivity contribution < 1.29 is 9.47 Å². The lowest BCUT2D eigenvalue weighted by Gasteiger charge is -2.23. The molecular weight excluding hydrogens is 298 g/mol. The molecule has 0 amide bonds. The summed E-state index contributed by atoms with van der Waals surface area (Å²) in [6, 6.07) is 13.9. The zero-order valence-corrected chi connectivity index (χ0v) is 14.1. The second-order valence-corrected chi connectivity index (χ2v) is 5.65. The Morgan fingerprint density at radius 2 is 1.59 bits per heavy atom. The summed E-state index contributed by atoms with van der Waals surface area (Å²) in [7, 11) is 3.34. The Labute approximate surface area is 137 Å². The largest absolute Gasteiger partial charge is 0.497 e. The number of hydrogen-bond acceptors (Lipinski definition) is 3. The molecular formula is C18H22ClNO2. The Morgan fingerprint density at radius 3 is 2.23 bits per heavy atom. The van der Waals surface area contributed by atoms with Crippen LogP contribution in [0.25, 0.3) is 0 Å². The first-order valence-electron chi connectivity index (χ1n) is 7.29. The summed E-state index contributed by atoms with van der Waals surface area (Å²) in [6.45, 7) is 4.20. The lowest BCUT2D eigenvalue weighted by atomic mass is 10.0. The maximum atomic E-state index is 6.27. The summed E-state index contributed by atoms with van der Waals surface area (Å²) >= 11 is 6.27. The topological polar surface area (TPSA) is 30.5 Å². The van der Waals surface area contributed by atoms with Crippen LogP contribution in [-0.4, -0.2) is 14.2 Å². The number of hydrogen-bond donors (Lipinski definition) is 1. The average Bonchev–Trinajstić information content (AvgIpc) is 2.54. The van der Waals surface area contributed by atoms with Gasteiger partial charge in [-0.25, -0.2) is 0 Å². The van der Waals surface area contributed by atoms with Gasteiger partial charge in [0.1, 0.15) is 11.5 Å². The smallest absolute Gasteiger partial charge is 0.123 e.